The van der Waals surface area contributed by atoms with Crippen LogP contribution in [0.15, 0.2) is 28.7 Å². The van der Waals surface area contributed by atoms with E-state index in [1.54, 1.807) is 6.07 Å². The lowest BCUT2D eigenvalue weighted by atomic mass is 10.3. The fourth-order valence-corrected chi connectivity index (χ4v) is 1.11. The quantitative estimate of drug-likeness (QED) is 0.749. The van der Waals surface area contributed by atoms with Crippen LogP contribution in [0.3, 0.4) is 0 Å². The molecule has 72 valence electrons. The number of rotatable bonds is 3. The maximum Gasteiger partial charge on any atom is 0.296 e. The van der Waals surface area contributed by atoms with E-state index in [-0.39, 0.29) is 6.54 Å². The van der Waals surface area contributed by atoms with Crippen molar-refractivity contribution in [3.05, 3.63) is 24.3 Å². The molecule has 2 aromatic rings. The Morgan fingerprint density at radius 1 is 1.50 bits per heavy atom. The molecule has 1 heterocycles. The third-order valence-corrected chi connectivity index (χ3v) is 1.71. The summed E-state index contributed by atoms with van der Waals surface area (Å²) in [5.41, 5.74) is 6.39. The van der Waals surface area contributed by atoms with Crippen LogP contribution in [0, 0.1) is 0 Å². The molecule has 0 aliphatic heterocycles. The number of hydrogen-bond acceptors (Lipinski definition) is 4. The minimum atomic E-state index is -0.452. The number of benzene rings is 1. The largest absolute Gasteiger partial charge is 0.424 e. The monoisotopic (exact) mass is 191 g/mol. The molecule has 0 saturated heterocycles. The highest BCUT2D eigenvalue weighted by atomic mass is 16.4. The van der Waals surface area contributed by atoms with Gasteiger partial charge in [0.15, 0.2) is 5.58 Å². The molecule has 1 aromatic carbocycles. The number of nitrogens with one attached hydrogen (secondary N) is 1. The van der Waals surface area contributed by atoms with Gasteiger partial charge < -0.3 is 15.5 Å². The van der Waals surface area contributed by atoms with Gasteiger partial charge in [-0.1, -0.05) is 12.1 Å². The predicted octanol–water partition coefficient (Wildman–Crippen LogP) is 0.725. The smallest absolute Gasteiger partial charge is 0.296 e. The Morgan fingerprint density at radius 3 is 3.00 bits per heavy atom. The Bertz CT molecular complexity index is 431. The topological polar surface area (TPSA) is 81.2 Å². The number of fused-ring (bicyclic) bond motifs is 1. The van der Waals surface area contributed by atoms with E-state index >= 15 is 0 Å². The van der Waals surface area contributed by atoms with Crippen LogP contribution in [0.25, 0.3) is 11.1 Å². The van der Waals surface area contributed by atoms with Crippen LogP contribution in [-0.4, -0.2) is 17.4 Å². The van der Waals surface area contributed by atoms with E-state index < -0.39 is 5.91 Å². The summed E-state index contributed by atoms with van der Waals surface area (Å²) in [5, 5.41) is 2.68. The number of anilines is 1. The summed E-state index contributed by atoms with van der Waals surface area (Å²) in [5.74, 6) is -0.452. The molecule has 0 fully saturated rings. The number of carbonyl (C=O) groups is 1. The number of amides is 1. The lowest BCUT2D eigenvalue weighted by Gasteiger charge is -1.94. The van der Waals surface area contributed by atoms with Crippen molar-refractivity contribution in [2.45, 2.75) is 0 Å². The highest BCUT2D eigenvalue weighted by Gasteiger charge is 2.04. The zero-order valence-electron chi connectivity index (χ0n) is 7.36. The molecule has 5 nitrogen and oxygen atoms in total. The lowest BCUT2D eigenvalue weighted by molar-refractivity contribution is -0.116. The number of carbonyl (C=O) groups excluding carboxylic acids is 1. The Labute approximate surface area is 79.9 Å². The molecule has 14 heavy (non-hydrogen) atoms. The summed E-state index contributed by atoms with van der Waals surface area (Å²) < 4.78 is 5.29. The number of nitrogens with two attached hydrogens (primary N) is 1. The van der Waals surface area contributed by atoms with Crippen molar-refractivity contribution in [3.8, 4) is 0 Å². The second kappa shape index (κ2) is 3.37. The third kappa shape index (κ3) is 1.66. The molecule has 0 atom stereocenters. The highest BCUT2D eigenvalue weighted by Crippen LogP contribution is 2.17. The van der Waals surface area contributed by atoms with Crippen LogP contribution >= 0.6 is 0 Å². The van der Waals surface area contributed by atoms with Gasteiger partial charge in [0.2, 0.25) is 5.91 Å². The summed E-state index contributed by atoms with van der Waals surface area (Å²) in [6.07, 6.45) is 0. The van der Waals surface area contributed by atoms with Gasteiger partial charge in [0, 0.05) is 0 Å². The van der Waals surface area contributed by atoms with Crippen molar-refractivity contribution in [1.29, 1.82) is 0 Å². The van der Waals surface area contributed by atoms with Gasteiger partial charge >= 0.3 is 0 Å². The molecular weight excluding hydrogens is 182 g/mol. The van der Waals surface area contributed by atoms with Crippen LogP contribution in [0.4, 0.5) is 6.01 Å². The maximum absolute atomic E-state index is 10.5. The van der Waals surface area contributed by atoms with Gasteiger partial charge in [-0.15, -0.1) is 0 Å². The first-order valence-corrected chi connectivity index (χ1v) is 4.13. The third-order valence-electron chi connectivity index (χ3n) is 1.71. The Kier molecular flexibility index (Phi) is 2.06. The Morgan fingerprint density at radius 2 is 2.29 bits per heavy atom. The van der Waals surface area contributed by atoms with Crippen molar-refractivity contribution < 1.29 is 9.21 Å². The molecule has 3 N–H and O–H groups in total. The second-order valence-electron chi connectivity index (χ2n) is 2.81. The highest BCUT2D eigenvalue weighted by molar-refractivity contribution is 5.79. The van der Waals surface area contributed by atoms with E-state index in [0.717, 1.165) is 5.52 Å². The minimum Gasteiger partial charge on any atom is -0.424 e. The summed E-state index contributed by atoms with van der Waals surface area (Å²) >= 11 is 0. The summed E-state index contributed by atoms with van der Waals surface area (Å²) in [6, 6.07) is 7.66. The molecule has 5 heteroatoms. The van der Waals surface area contributed by atoms with Crippen LogP contribution in [0.5, 0.6) is 0 Å². The minimum absolute atomic E-state index is 0.0207. The summed E-state index contributed by atoms with van der Waals surface area (Å²) in [7, 11) is 0. The van der Waals surface area contributed by atoms with Crippen molar-refractivity contribution in [2.75, 3.05) is 11.9 Å². The average Bonchev–Trinajstić information content (AvgIpc) is 2.57. The van der Waals surface area contributed by atoms with E-state index in [2.05, 4.69) is 10.3 Å². The van der Waals surface area contributed by atoms with Crippen LogP contribution in [0.2, 0.25) is 0 Å². The van der Waals surface area contributed by atoms with Crippen LogP contribution in [0.1, 0.15) is 0 Å². The number of primary amides is 1. The Balaban J connectivity index is 2.22. The number of hydrogen-bond donors (Lipinski definition) is 2. The van der Waals surface area contributed by atoms with Crippen molar-refractivity contribution in [1.82, 2.24) is 4.98 Å². The summed E-state index contributed by atoms with van der Waals surface area (Å²) in [4.78, 5) is 14.6. The standard InChI is InChI=1S/C9H9N3O2/c10-8(13)5-11-9-12-6-3-1-2-4-7(6)14-9/h1-4H,5H2,(H2,10,13)(H,11,12). The first kappa shape index (κ1) is 8.55. The SMILES string of the molecule is NC(=O)CNc1nc2ccccc2o1. The van der Waals surface area contributed by atoms with E-state index in [9.17, 15) is 4.79 Å². The van der Waals surface area contributed by atoms with E-state index in [1.165, 1.54) is 0 Å². The van der Waals surface area contributed by atoms with Crippen molar-refractivity contribution >= 4 is 23.0 Å². The number of para-hydroxylation sites is 2. The molecule has 0 unspecified atom stereocenters. The molecule has 1 amide bonds. The number of nitrogens with zero attached hydrogens (tertiary/aromatic N) is 1. The fourth-order valence-electron chi connectivity index (χ4n) is 1.11. The van der Waals surface area contributed by atoms with Gasteiger partial charge in [-0.2, -0.15) is 4.98 Å². The maximum atomic E-state index is 10.5. The molecule has 0 aliphatic rings. The normalized spacial score (nSPS) is 10.3. The van der Waals surface area contributed by atoms with Gasteiger partial charge in [0.25, 0.3) is 6.01 Å². The molecule has 0 bridgehead atoms. The van der Waals surface area contributed by atoms with Gasteiger partial charge in [0.05, 0.1) is 6.54 Å². The van der Waals surface area contributed by atoms with E-state index in [4.69, 9.17) is 10.2 Å². The van der Waals surface area contributed by atoms with E-state index in [0.29, 0.717) is 11.6 Å². The number of oxazole rings is 1. The second-order valence-corrected chi connectivity index (χ2v) is 2.81. The fraction of sp³-hybridized carbons (Fsp3) is 0.111. The molecule has 0 saturated carbocycles. The van der Waals surface area contributed by atoms with Crippen molar-refractivity contribution in [3.63, 3.8) is 0 Å². The van der Waals surface area contributed by atoms with E-state index in [1.807, 2.05) is 18.2 Å². The molecule has 0 spiro atoms. The van der Waals surface area contributed by atoms with Crippen LogP contribution in [-0.2, 0) is 4.79 Å². The molecule has 1 aromatic heterocycles. The molecule has 0 radical (unpaired) electrons. The predicted molar refractivity (Wildman–Crippen MR) is 51.7 cm³/mol. The average molecular weight is 191 g/mol. The van der Waals surface area contributed by atoms with Gasteiger partial charge in [-0.25, -0.2) is 0 Å². The van der Waals surface area contributed by atoms with Gasteiger partial charge in [-0.05, 0) is 12.1 Å². The van der Waals surface area contributed by atoms with Gasteiger partial charge in [0.1, 0.15) is 5.52 Å². The molecule has 2 rings (SSSR count). The zero-order chi connectivity index (χ0) is 9.97. The van der Waals surface area contributed by atoms with Gasteiger partial charge in [-0.3, -0.25) is 4.79 Å². The number of aromatic nitrogens is 1. The molecule has 0 aliphatic carbocycles. The first-order valence-electron chi connectivity index (χ1n) is 4.13. The Hall–Kier alpha value is -2.04. The summed E-state index contributed by atoms with van der Waals surface area (Å²) in [6.45, 7) is 0.0207. The van der Waals surface area contributed by atoms with Crippen molar-refractivity contribution in [2.24, 2.45) is 5.73 Å². The lowest BCUT2D eigenvalue weighted by Crippen LogP contribution is -2.21. The zero-order valence-corrected chi connectivity index (χ0v) is 7.36. The van der Waals surface area contributed by atoms with Crippen LogP contribution < -0.4 is 11.1 Å². The molecular formula is C9H9N3O2. The first-order chi connectivity index (χ1) is 6.75.